The van der Waals surface area contributed by atoms with Crippen molar-refractivity contribution in [2.24, 2.45) is 5.73 Å². The summed E-state index contributed by atoms with van der Waals surface area (Å²) in [4.78, 5) is 6.74. The molecule has 0 radical (unpaired) electrons. The lowest BCUT2D eigenvalue weighted by Gasteiger charge is -2.29. The smallest absolute Gasteiger partial charge is 0.240 e. The lowest BCUT2D eigenvalue weighted by Crippen LogP contribution is -2.42. The van der Waals surface area contributed by atoms with E-state index in [9.17, 15) is 0 Å². The summed E-state index contributed by atoms with van der Waals surface area (Å²) < 4.78 is 5.26. The molecule has 96 valence electrons. The fourth-order valence-corrected chi connectivity index (χ4v) is 2.27. The van der Waals surface area contributed by atoms with E-state index >= 15 is 0 Å². The van der Waals surface area contributed by atoms with E-state index < -0.39 is 0 Å². The molecular formula is C11H19ClN4O. The van der Waals surface area contributed by atoms with Crippen molar-refractivity contribution in [2.45, 2.75) is 44.2 Å². The highest BCUT2D eigenvalue weighted by Gasteiger charge is 2.29. The molecule has 1 aliphatic heterocycles. The lowest BCUT2D eigenvalue weighted by molar-refractivity contribution is 0.178. The molecule has 2 heterocycles. The number of aromatic nitrogens is 2. The monoisotopic (exact) mass is 258 g/mol. The van der Waals surface area contributed by atoms with E-state index in [1.54, 1.807) is 0 Å². The van der Waals surface area contributed by atoms with Gasteiger partial charge in [-0.2, -0.15) is 4.98 Å². The van der Waals surface area contributed by atoms with Crippen molar-refractivity contribution in [3.63, 3.8) is 0 Å². The van der Waals surface area contributed by atoms with Gasteiger partial charge >= 0.3 is 0 Å². The second kappa shape index (κ2) is 5.33. The molecule has 6 heteroatoms. The molecule has 1 atom stereocenters. The Morgan fingerprint density at radius 2 is 2.18 bits per heavy atom. The summed E-state index contributed by atoms with van der Waals surface area (Å²) in [5, 5.41) is 4.02. The van der Waals surface area contributed by atoms with E-state index in [2.05, 4.69) is 15.0 Å². The summed E-state index contributed by atoms with van der Waals surface area (Å²) in [5.41, 5.74) is 5.93. The second-order valence-corrected chi connectivity index (χ2v) is 4.96. The summed E-state index contributed by atoms with van der Waals surface area (Å²) in [6.45, 7) is 2.80. The molecule has 2 aliphatic rings. The molecule has 1 unspecified atom stereocenters. The minimum atomic E-state index is 0. The topological polar surface area (TPSA) is 68.2 Å². The van der Waals surface area contributed by atoms with Gasteiger partial charge in [0, 0.05) is 18.5 Å². The van der Waals surface area contributed by atoms with Gasteiger partial charge in [-0.15, -0.1) is 12.4 Å². The van der Waals surface area contributed by atoms with Gasteiger partial charge in [-0.1, -0.05) is 5.16 Å². The zero-order valence-electron chi connectivity index (χ0n) is 9.84. The predicted octanol–water partition coefficient (Wildman–Crippen LogP) is 1.29. The lowest BCUT2D eigenvalue weighted by atomic mass is 10.1. The minimum Gasteiger partial charge on any atom is -0.338 e. The standard InChI is InChI=1S/C11H18N4O.ClH/c12-9-2-1-5-15(6-9)7-10-13-11(14-16-10)8-3-4-8;/h8-9H,1-7,12H2;1H. The number of hydrogen-bond acceptors (Lipinski definition) is 5. The normalized spacial score (nSPS) is 25.6. The van der Waals surface area contributed by atoms with E-state index in [4.69, 9.17) is 10.3 Å². The first kappa shape index (κ1) is 12.8. The number of rotatable bonds is 3. The summed E-state index contributed by atoms with van der Waals surface area (Å²) >= 11 is 0. The van der Waals surface area contributed by atoms with E-state index in [1.165, 1.54) is 19.3 Å². The van der Waals surface area contributed by atoms with Crippen LogP contribution in [0.2, 0.25) is 0 Å². The Morgan fingerprint density at radius 1 is 1.35 bits per heavy atom. The third-order valence-corrected chi connectivity index (χ3v) is 3.33. The van der Waals surface area contributed by atoms with Crippen LogP contribution >= 0.6 is 12.4 Å². The number of nitrogens with two attached hydrogens (primary N) is 1. The van der Waals surface area contributed by atoms with Crippen LogP contribution in [0.25, 0.3) is 0 Å². The van der Waals surface area contributed by atoms with Crippen molar-refractivity contribution >= 4 is 12.4 Å². The van der Waals surface area contributed by atoms with Crippen molar-refractivity contribution in [3.05, 3.63) is 11.7 Å². The summed E-state index contributed by atoms with van der Waals surface area (Å²) in [7, 11) is 0. The van der Waals surface area contributed by atoms with Crippen molar-refractivity contribution in [2.75, 3.05) is 13.1 Å². The largest absolute Gasteiger partial charge is 0.338 e. The summed E-state index contributed by atoms with van der Waals surface area (Å²) in [6.07, 6.45) is 4.74. The molecule has 0 amide bonds. The van der Waals surface area contributed by atoms with E-state index in [-0.39, 0.29) is 12.4 Å². The van der Waals surface area contributed by atoms with Gasteiger partial charge in [-0.05, 0) is 32.2 Å². The molecule has 1 aliphatic carbocycles. The third kappa shape index (κ3) is 3.18. The Morgan fingerprint density at radius 3 is 2.88 bits per heavy atom. The van der Waals surface area contributed by atoms with Crippen molar-refractivity contribution in [3.8, 4) is 0 Å². The van der Waals surface area contributed by atoms with E-state index in [1.807, 2.05) is 0 Å². The van der Waals surface area contributed by atoms with E-state index in [0.717, 1.165) is 37.8 Å². The molecule has 2 N–H and O–H groups in total. The van der Waals surface area contributed by atoms with Crippen LogP contribution < -0.4 is 5.73 Å². The Labute approximate surface area is 107 Å². The van der Waals surface area contributed by atoms with Crippen LogP contribution in [0, 0.1) is 0 Å². The predicted molar refractivity (Wildman–Crippen MR) is 66.0 cm³/mol. The number of piperidine rings is 1. The fraction of sp³-hybridized carbons (Fsp3) is 0.818. The zero-order chi connectivity index (χ0) is 11.0. The first-order valence-corrected chi connectivity index (χ1v) is 6.11. The Kier molecular flexibility index (Phi) is 4.01. The molecule has 1 aromatic rings. The average molecular weight is 259 g/mol. The average Bonchev–Trinajstić information content (AvgIpc) is 3.01. The highest BCUT2D eigenvalue weighted by molar-refractivity contribution is 5.85. The SMILES string of the molecule is Cl.NC1CCCN(Cc2nc(C3CC3)no2)C1. The molecule has 5 nitrogen and oxygen atoms in total. The van der Waals surface area contributed by atoms with Crippen LogP contribution in [0.1, 0.15) is 43.3 Å². The molecule has 3 rings (SSSR count). The maximum atomic E-state index is 5.93. The number of hydrogen-bond donors (Lipinski definition) is 1. The van der Waals surface area contributed by atoms with Gasteiger partial charge in [-0.3, -0.25) is 4.90 Å². The molecule has 17 heavy (non-hydrogen) atoms. The van der Waals surface area contributed by atoms with Crippen LogP contribution in [0.5, 0.6) is 0 Å². The van der Waals surface area contributed by atoms with Crippen LogP contribution in [0.3, 0.4) is 0 Å². The Hall–Kier alpha value is -0.650. The number of nitrogens with zero attached hydrogens (tertiary/aromatic N) is 3. The molecule has 2 fully saturated rings. The maximum Gasteiger partial charge on any atom is 0.240 e. The van der Waals surface area contributed by atoms with Gasteiger partial charge in [0.05, 0.1) is 6.54 Å². The molecule has 0 bridgehead atoms. The third-order valence-electron chi connectivity index (χ3n) is 3.33. The fourth-order valence-electron chi connectivity index (χ4n) is 2.27. The highest BCUT2D eigenvalue weighted by atomic mass is 35.5. The van der Waals surface area contributed by atoms with Crippen LogP contribution in [-0.4, -0.2) is 34.2 Å². The molecule has 1 saturated carbocycles. The van der Waals surface area contributed by atoms with Gasteiger partial charge in [0.15, 0.2) is 5.82 Å². The van der Waals surface area contributed by atoms with Gasteiger partial charge in [-0.25, -0.2) is 0 Å². The van der Waals surface area contributed by atoms with Gasteiger partial charge in [0.2, 0.25) is 5.89 Å². The van der Waals surface area contributed by atoms with Gasteiger partial charge in [0.25, 0.3) is 0 Å². The Bertz CT molecular complexity index is 366. The Balaban J connectivity index is 0.00000108. The maximum absolute atomic E-state index is 5.93. The number of halogens is 1. The van der Waals surface area contributed by atoms with Crippen molar-refractivity contribution in [1.29, 1.82) is 0 Å². The van der Waals surface area contributed by atoms with Crippen molar-refractivity contribution in [1.82, 2.24) is 15.0 Å². The van der Waals surface area contributed by atoms with Crippen LogP contribution in [0.4, 0.5) is 0 Å². The number of likely N-dealkylation sites (tertiary alicyclic amines) is 1. The van der Waals surface area contributed by atoms with Gasteiger partial charge in [0.1, 0.15) is 0 Å². The minimum absolute atomic E-state index is 0. The molecule has 0 aromatic carbocycles. The first-order chi connectivity index (χ1) is 7.81. The molecule has 1 saturated heterocycles. The highest BCUT2D eigenvalue weighted by Crippen LogP contribution is 2.38. The van der Waals surface area contributed by atoms with Crippen LogP contribution in [0.15, 0.2) is 4.52 Å². The molecule has 1 aromatic heterocycles. The molecular weight excluding hydrogens is 240 g/mol. The van der Waals surface area contributed by atoms with Crippen LogP contribution in [-0.2, 0) is 6.54 Å². The van der Waals surface area contributed by atoms with E-state index in [0.29, 0.717) is 12.0 Å². The molecule has 0 spiro atoms. The van der Waals surface area contributed by atoms with Crippen molar-refractivity contribution < 1.29 is 4.52 Å². The quantitative estimate of drug-likeness (QED) is 0.885. The zero-order valence-corrected chi connectivity index (χ0v) is 10.7. The first-order valence-electron chi connectivity index (χ1n) is 6.11. The van der Waals surface area contributed by atoms with Gasteiger partial charge < -0.3 is 10.3 Å². The summed E-state index contributed by atoms with van der Waals surface area (Å²) in [6, 6.07) is 0.305. The summed E-state index contributed by atoms with van der Waals surface area (Å²) in [5.74, 6) is 2.22. The second-order valence-electron chi connectivity index (χ2n) is 4.96.